The summed E-state index contributed by atoms with van der Waals surface area (Å²) in [7, 11) is 0. The third kappa shape index (κ3) is 3.35. The summed E-state index contributed by atoms with van der Waals surface area (Å²) in [6.07, 6.45) is 6.31. The summed E-state index contributed by atoms with van der Waals surface area (Å²) in [6, 6.07) is 9.64. The Balaban J connectivity index is 2.13. The third-order valence-corrected chi connectivity index (χ3v) is 4.21. The third-order valence-electron chi connectivity index (χ3n) is 4.21. The van der Waals surface area contributed by atoms with Crippen LogP contribution in [0, 0.1) is 0 Å². The van der Waals surface area contributed by atoms with Gasteiger partial charge in [-0.3, -0.25) is 0 Å². The van der Waals surface area contributed by atoms with E-state index in [9.17, 15) is 0 Å². The summed E-state index contributed by atoms with van der Waals surface area (Å²) in [5.41, 5.74) is 9.32. The molecule has 0 heterocycles. The fourth-order valence-electron chi connectivity index (χ4n) is 2.96. The Morgan fingerprint density at radius 3 is 2.22 bits per heavy atom. The molecule has 0 amide bonds. The van der Waals surface area contributed by atoms with E-state index in [1.807, 2.05) is 0 Å². The van der Waals surface area contributed by atoms with Gasteiger partial charge in [-0.15, -0.1) is 0 Å². The van der Waals surface area contributed by atoms with Crippen molar-refractivity contribution in [1.29, 1.82) is 0 Å². The molecule has 0 aliphatic heterocycles. The monoisotopic (exact) mass is 245 g/mol. The molecule has 0 radical (unpaired) electrons. The Labute approximate surface area is 112 Å². The van der Waals surface area contributed by atoms with Gasteiger partial charge >= 0.3 is 0 Å². The Morgan fingerprint density at radius 2 is 1.61 bits per heavy atom. The zero-order valence-electron chi connectivity index (χ0n) is 12.1. The van der Waals surface area contributed by atoms with Crippen LogP contribution >= 0.6 is 0 Å². The van der Waals surface area contributed by atoms with Crippen molar-refractivity contribution in [2.24, 2.45) is 5.73 Å². The molecule has 2 atom stereocenters. The Morgan fingerprint density at radius 1 is 1.00 bits per heavy atom. The van der Waals surface area contributed by atoms with Gasteiger partial charge in [-0.05, 0) is 41.7 Å². The lowest BCUT2D eigenvalue weighted by Crippen LogP contribution is -2.20. The Hall–Kier alpha value is -0.820. The van der Waals surface area contributed by atoms with Gasteiger partial charge in [-0.1, -0.05) is 57.9 Å². The average Bonchev–Trinajstić information content (AvgIpc) is 2.53. The maximum atomic E-state index is 6.16. The number of benzene rings is 1. The summed E-state index contributed by atoms with van der Waals surface area (Å²) >= 11 is 0. The first-order valence-corrected chi connectivity index (χ1v) is 7.33. The Kier molecular flexibility index (Phi) is 4.11. The van der Waals surface area contributed by atoms with Gasteiger partial charge in [-0.25, -0.2) is 0 Å². The summed E-state index contributed by atoms with van der Waals surface area (Å²) in [6.45, 7) is 6.80. The molecule has 2 N–H and O–H groups in total. The molecule has 1 aliphatic rings. The first-order valence-electron chi connectivity index (χ1n) is 7.33. The number of hydrogen-bond donors (Lipinski definition) is 1. The fourth-order valence-corrected chi connectivity index (χ4v) is 2.96. The van der Waals surface area contributed by atoms with Crippen molar-refractivity contribution in [3.63, 3.8) is 0 Å². The molecule has 1 saturated carbocycles. The quantitative estimate of drug-likeness (QED) is 0.731. The predicted octanol–water partition coefficient (Wildman–Crippen LogP) is 4.36. The van der Waals surface area contributed by atoms with Crippen molar-refractivity contribution in [1.82, 2.24) is 0 Å². The molecule has 1 heteroatoms. The maximum absolute atomic E-state index is 6.16. The summed E-state index contributed by atoms with van der Waals surface area (Å²) in [4.78, 5) is 0. The summed E-state index contributed by atoms with van der Waals surface area (Å²) in [5.74, 6) is 0.677. The van der Waals surface area contributed by atoms with Crippen LogP contribution < -0.4 is 5.73 Å². The summed E-state index contributed by atoms with van der Waals surface area (Å²) < 4.78 is 0. The van der Waals surface area contributed by atoms with Crippen LogP contribution in [0.4, 0.5) is 0 Å². The highest BCUT2D eigenvalue weighted by atomic mass is 14.6. The Bertz CT molecular complexity index is 372. The van der Waals surface area contributed by atoms with Crippen LogP contribution in [0.3, 0.4) is 0 Å². The lowest BCUT2D eigenvalue weighted by molar-refractivity contribution is 0.534. The first-order chi connectivity index (χ1) is 8.47. The highest BCUT2D eigenvalue weighted by Gasteiger charge is 2.20. The zero-order valence-corrected chi connectivity index (χ0v) is 12.1. The lowest BCUT2D eigenvalue weighted by atomic mass is 9.84. The van der Waals surface area contributed by atoms with Gasteiger partial charge in [0.25, 0.3) is 0 Å². The minimum absolute atomic E-state index is 0.248. The number of hydrogen-bond acceptors (Lipinski definition) is 1. The highest BCUT2D eigenvalue weighted by molar-refractivity contribution is 5.29. The van der Waals surface area contributed by atoms with E-state index in [1.165, 1.54) is 36.8 Å². The fraction of sp³-hybridized carbons (Fsp3) is 0.647. The summed E-state index contributed by atoms with van der Waals surface area (Å²) in [5, 5.41) is 0. The maximum Gasteiger partial charge on any atom is 0.00446 e. The van der Waals surface area contributed by atoms with E-state index in [0.29, 0.717) is 12.0 Å². The second-order valence-corrected chi connectivity index (χ2v) is 6.85. The van der Waals surface area contributed by atoms with E-state index in [1.54, 1.807) is 0 Å². The first kappa shape index (κ1) is 13.6. The van der Waals surface area contributed by atoms with Crippen molar-refractivity contribution in [3.8, 4) is 0 Å². The minimum Gasteiger partial charge on any atom is -0.328 e. The predicted molar refractivity (Wildman–Crippen MR) is 78.9 cm³/mol. The standard InChI is InChI=1S/C17H27N/c1-17(2,3)15-10-8-13(9-11-15)14-6-4-5-7-16(18)12-14/h8-11,14,16H,4-7,12,18H2,1-3H3. The van der Waals surface area contributed by atoms with Crippen LogP contribution in [0.1, 0.15) is 69.9 Å². The van der Waals surface area contributed by atoms with Crippen molar-refractivity contribution in [2.45, 2.75) is 70.3 Å². The van der Waals surface area contributed by atoms with Crippen LogP contribution in [-0.4, -0.2) is 6.04 Å². The molecule has 1 aromatic rings. The van der Waals surface area contributed by atoms with Gasteiger partial charge in [-0.2, -0.15) is 0 Å². The molecule has 0 spiro atoms. The van der Waals surface area contributed by atoms with Gasteiger partial charge in [0.1, 0.15) is 0 Å². The van der Waals surface area contributed by atoms with Crippen molar-refractivity contribution in [3.05, 3.63) is 35.4 Å². The van der Waals surface area contributed by atoms with Crippen LogP contribution in [0.25, 0.3) is 0 Å². The molecule has 2 rings (SSSR count). The molecule has 1 fully saturated rings. The SMILES string of the molecule is CC(C)(C)c1ccc(C2CCCCC(N)C2)cc1. The molecule has 1 nitrogen and oxygen atoms in total. The topological polar surface area (TPSA) is 26.0 Å². The van der Waals surface area contributed by atoms with Crippen molar-refractivity contribution < 1.29 is 0 Å². The lowest BCUT2D eigenvalue weighted by Gasteiger charge is -2.22. The van der Waals surface area contributed by atoms with Crippen LogP contribution in [0.15, 0.2) is 24.3 Å². The average molecular weight is 245 g/mol. The van der Waals surface area contributed by atoms with E-state index in [-0.39, 0.29) is 5.41 Å². The van der Waals surface area contributed by atoms with Crippen LogP contribution in [0.2, 0.25) is 0 Å². The van der Waals surface area contributed by atoms with Crippen LogP contribution in [0.5, 0.6) is 0 Å². The van der Waals surface area contributed by atoms with Crippen molar-refractivity contribution >= 4 is 0 Å². The smallest absolute Gasteiger partial charge is 0.00446 e. The largest absolute Gasteiger partial charge is 0.328 e. The number of nitrogens with two attached hydrogens (primary N) is 1. The van der Waals surface area contributed by atoms with Gasteiger partial charge in [0.15, 0.2) is 0 Å². The molecular formula is C17H27N. The molecule has 100 valence electrons. The molecular weight excluding hydrogens is 218 g/mol. The zero-order chi connectivity index (χ0) is 13.2. The molecule has 18 heavy (non-hydrogen) atoms. The second-order valence-electron chi connectivity index (χ2n) is 6.85. The van der Waals surface area contributed by atoms with Crippen molar-refractivity contribution in [2.75, 3.05) is 0 Å². The number of rotatable bonds is 1. The van der Waals surface area contributed by atoms with E-state index in [4.69, 9.17) is 5.73 Å². The highest BCUT2D eigenvalue weighted by Crippen LogP contribution is 2.32. The van der Waals surface area contributed by atoms with Gasteiger partial charge in [0.2, 0.25) is 0 Å². The van der Waals surface area contributed by atoms with Crippen LogP contribution in [-0.2, 0) is 5.41 Å². The van der Waals surface area contributed by atoms with Gasteiger partial charge < -0.3 is 5.73 Å². The molecule has 0 saturated heterocycles. The van der Waals surface area contributed by atoms with Gasteiger partial charge in [0.05, 0.1) is 0 Å². The normalized spacial score (nSPS) is 25.8. The second kappa shape index (κ2) is 5.44. The van der Waals surface area contributed by atoms with E-state index < -0.39 is 0 Å². The molecule has 1 aromatic carbocycles. The van der Waals surface area contributed by atoms with E-state index >= 15 is 0 Å². The van der Waals surface area contributed by atoms with E-state index in [0.717, 1.165) is 6.42 Å². The van der Waals surface area contributed by atoms with E-state index in [2.05, 4.69) is 45.0 Å². The van der Waals surface area contributed by atoms with Gasteiger partial charge in [0, 0.05) is 6.04 Å². The molecule has 1 aliphatic carbocycles. The molecule has 0 bridgehead atoms. The molecule has 2 unspecified atom stereocenters. The minimum atomic E-state index is 0.248. The molecule has 0 aromatic heterocycles.